The van der Waals surface area contributed by atoms with Crippen molar-refractivity contribution in [1.82, 2.24) is 0 Å². The van der Waals surface area contributed by atoms with Crippen LogP contribution in [0, 0.1) is 17.8 Å². The first kappa shape index (κ1) is 102. The largest absolute Gasteiger partial charge is 0.472 e. The smallest absolute Gasteiger partial charge is 0.462 e. The van der Waals surface area contributed by atoms with E-state index in [1.165, 1.54) is 257 Å². The SMILES string of the molecule is CCCCCCCCCCCCCCCCCCCCCCCCC(=O)O[C@H](COC(=O)CCCCCCCCCCCCCCCCC(C)CC)COP(=O)(O)OC[C@@H](O)COP(=O)(O)OC[C@@H](COC(=O)CCCCCCCCCCCC(C)C)OC(=O)CCCCCCCCCCCC(C)C. The van der Waals surface area contributed by atoms with Gasteiger partial charge in [-0.3, -0.25) is 37.3 Å². The number of hydrogen-bond donors (Lipinski definition) is 3. The van der Waals surface area contributed by atoms with Crippen LogP contribution >= 0.6 is 15.6 Å². The summed E-state index contributed by atoms with van der Waals surface area (Å²) in [5.74, 6) is 0.222. The molecule has 0 fully saturated rings. The highest BCUT2D eigenvalue weighted by Crippen LogP contribution is 2.45. The molecule has 3 N–H and O–H groups in total. The summed E-state index contributed by atoms with van der Waals surface area (Å²) in [6, 6.07) is 0. The average molecular weight is 1520 g/mol. The predicted octanol–water partition coefficient (Wildman–Crippen LogP) is 25.7. The first-order chi connectivity index (χ1) is 50.3. The molecular formula is C85H166O17P2. The van der Waals surface area contributed by atoms with Crippen LogP contribution in [-0.4, -0.2) is 96.7 Å². The molecule has 0 aromatic carbocycles. The molecule has 618 valence electrons. The number of hydrogen-bond acceptors (Lipinski definition) is 15. The highest BCUT2D eigenvalue weighted by Gasteiger charge is 2.30. The molecule has 0 saturated heterocycles. The second kappa shape index (κ2) is 75.1. The van der Waals surface area contributed by atoms with Crippen molar-refractivity contribution in [2.45, 2.75) is 465 Å². The Bertz CT molecular complexity index is 2010. The number of aliphatic hydroxyl groups excluding tert-OH is 1. The van der Waals surface area contributed by atoms with Gasteiger partial charge in [0.05, 0.1) is 26.4 Å². The molecule has 0 aliphatic heterocycles. The van der Waals surface area contributed by atoms with Crippen LogP contribution in [0.4, 0.5) is 0 Å². The van der Waals surface area contributed by atoms with E-state index in [1.54, 1.807) is 0 Å². The minimum Gasteiger partial charge on any atom is -0.462 e. The highest BCUT2D eigenvalue weighted by molar-refractivity contribution is 7.47. The van der Waals surface area contributed by atoms with Crippen LogP contribution in [0.2, 0.25) is 0 Å². The lowest BCUT2D eigenvalue weighted by molar-refractivity contribution is -0.161. The van der Waals surface area contributed by atoms with Gasteiger partial charge < -0.3 is 33.8 Å². The molecule has 3 unspecified atom stereocenters. The van der Waals surface area contributed by atoms with E-state index in [0.717, 1.165) is 108 Å². The van der Waals surface area contributed by atoms with Crippen molar-refractivity contribution in [2.24, 2.45) is 17.8 Å². The van der Waals surface area contributed by atoms with Crippen LogP contribution in [0.1, 0.15) is 447 Å². The van der Waals surface area contributed by atoms with E-state index >= 15 is 0 Å². The van der Waals surface area contributed by atoms with Crippen LogP contribution in [0.3, 0.4) is 0 Å². The Labute approximate surface area is 638 Å². The van der Waals surface area contributed by atoms with Crippen LogP contribution in [0.5, 0.6) is 0 Å². The lowest BCUT2D eigenvalue weighted by Gasteiger charge is -2.21. The molecule has 0 rings (SSSR count). The fourth-order valence-corrected chi connectivity index (χ4v) is 14.7. The third-order valence-electron chi connectivity index (χ3n) is 20.2. The lowest BCUT2D eigenvalue weighted by atomic mass is 9.99. The zero-order chi connectivity index (χ0) is 76.5. The van der Waals surface area contributed by atoms with E-state index in [9.17, 15) is 43.2 Å². The predicted molar refractivity (Wildman–Crippen MR) is 428 cm³/mol. The zero-order valence-corrected chi connectivity index (χ0v) is 70.3. The maximum atomic E-state index is 13.1. The number of carbonyl (C=O) groups is 4. The van der Waals surface area contributed by atoms with E-state index in [4.69, 9.17) is 37.0 Å². The molecule has 0 bridgehead atoms. The van der Waals surface area contributed by atoms with Crippen molar-refractivity contribution in [3.8, 4) is 0 Å². The molecule has 104 heavy (non-hydrogen) atoms. The maximum Gasteiger partial charge on any atom is 0.472 e. The average Bonchev–Trinajstić information content (AvgIpc) is 0.909. The molecule has 0 aromatic heterocycles. The standard InChI is InChI=1S/C85H166O17P2/c1-8-10-11-12-13-14-15-16-17-18-19-20-21-22-23-24-29-32-39-47-54-61-68-84(89)101-80(72-95-82(87)66-59-52-45-38-31-28-26-25-27-30-37-44-51-58-65-78(7)9-2)74-99-103(91,92)97-70-79(86)71-98-104(93,94)100-75-81(102-85(90)69-62-55-48-41-34-36-43-50-57-64-77(5)6)73-96-83(88)67-60-53-46-40-33-35-42-49-56-63-76(3)4/h76-81,86H,8-75H2,1-7H3,(H,91,92)(H,93,94)/t78?,79-,80-,81-/m1/s1. The summed E-state index contributed by atoms with van der Waals surface area (Å²) >= 11 is 0. The quantitative estimate of drug-likeness (QED) is 0.0222. The molecule has 0 radical (unpaired) electrons. The molecule has 0 heterocycles. The van der Waals surface area contributed by atoms with Gasteiger partial charge in [-0.2, -0.15) is 0 Å². The molecular weight excluding hydrogens is 1350 g/mol. The first-order valence-corrected chi connectivity index (χ1v) is 46.9. The molecule has 19 heteroatoms. The molecule has 0 aromatic rings. The van der Waals surface area contributed by atoms with Gasteiger partial charge in [0.1, 0.15) is 19.3 Å². The van der Waals surface area contributed by atoms with Crippen molar-refractivity contribution in [3.63, 3.8) is 0 Å². The molecule has 17 nitrogen and oxygen atoms in total. The molecule has 0 spiro atoms. The van der Waals surface area contributed by atoms with E-state index in [1.807, 2.05) is 0 Å². The Morgan fingerprint density at radius 2 is 0.490 bits per heavy atom. The molecule has 6 atom stereocenters. The fourth-order valence-electron chi connectivity index (χ4n) is 13.2. The number of ether oxygens (including phenoxy) is 4. The number of phosphoric acid groups is 2. The molecule has 0 aliphatic rings. The number of phosphoric ester groups is 2. The Morgan fingerprint density at radius 1 is 0.279 bits per heavy atom. The summed E-state index contributed by atoms with van der Waals surface area (Å²) in [6.07, 6.45) is 65.4. The van der Waals surface area contributed by atoms with Crippen LogP contribution in [-0.2, 0) is 65.4 Å². The minimum atomic E-state index is -4.97. The fraction of sp³-hybridized carbons (Fsp3) is 0.953. The molecule has 0 aliphatic carbocycles. The Balaban J connectivity index is 5.23. The summed E-state index contributed by atoms with van der Waals surface area (Å²) in [4.78, 5) is 73.2. The minimum absolute atomic E-state index is 0.105. The van der Waals surface area contributed by atoms with E-state index in [-0.39, 0.29) is 25.7 Å². The van der Waals surface area contributed by atoms with Gasteiger partial charge in [-0.15, -0.1) is 0 Å². The van der Waals surface area contributed by atoms with Gasteiger partial charge >= 0.3 is 39.5 Å². The number of esters is 4. The lowest BCUT2D eigenvalue weighted by Crippen LogP contribution is -2.30. The first-order valence-electron chi connectivity index (χ1n) is 43.9. The second-order valence-electron chi connectivity index (χ2n) is 31.8. The van der Waals surface area contributed by atoms with Crippen molar-refractivity contribution in [3.05, 3.63) is 0 Å². The summed E-state index contributed by atoms with van der Waals surface area (Å²) in [7, 11) is -9.93. The topological polar surface area (TPSA) is 237 Å². The van der Waals surface area contributed by atoms with Gasteiger partial charge in [0.2, 0.25) is 0 Å². The normalized spacial score (nSPS) is 14.2. The second-order valence-corrected chi connectivity index (χ2v) is 34.7. The van der Waals surface area contributed by atoms with Crippen LogP contribution < -0.4 is 0 Å². The van der Waals surface area contributed by atoms with Gasteiger partial charge in [-0.1, -0.05) is 395 Å². The number of rotatable bonds is 83. The number of aliphatic hydroxyl groups is 1. The summed E-state index contributed by atoms with van der Waals surface area (Å²) < 4.78 is 68.8. The van der Waals surface area contributed by atoms with Gasteiger partial charge in [0.15, 0.2) is 12.2 Å². The number of carbonyl (C=O) groups excluding carboxylic acids is 4. The maximum absolute atomic E-state index is 13.1. The van der Waals surface area contributed by atoms with Crippen molar-refractivity contribution in [2.75, 3.05) is 39.6 Å². The van der Waals surface area contributed by atoms with E-state index < -0.39 is 97.5 Å². The third kappa shape index (κ3) is 76.8. The summed E-state index contributed by atoms with van der Waals surface area (Å²) in [5, 5.41) is 10.7. The highest BCUT2D eigenvalue weighted by atomic mass is 31.2. The number of unbranched alkanes of at least 4 members (excludes halogenated alkanes) is 50. The van der Waals surface area contributed by atoms with Gasteiger partial charge in [0.25, 0.3) is 0 Å². The van der Waals surface area contributed by atoms with Crippen LogP contribution in [0.15, 0.2) is 0 Å². The van der Waals surface area contributed by atoms with Crippen molar-refractivity contribution < 1.29 is 80.2 Å². The van der Waals surface area contributed by atoms with E-state index in [2.05, 4.69) is 48.5 Å². The Morgan fingerprint density at radius 3 is 0.731 bits per heavy atom. The van der Waals surface area contributed by atoms with Gasteiger partial charge in [-0.05, 0) is 43.4 Å². The molecule has 0 saturated carbocycles. The van der Waals surface area contributed by atoms with E-state index in [0.29, 0.717) is 25.7 Å². The molecule has 0 amide bonds. The van der Waals surface area contributed by atoms with Crippen molar-refractivity contribution in [1.29, 1.82) is 0 Å². The summed E-state index contributed by atoms with van der Waals surface area (Å²) in [6.45, 7) is 12.0. The summed E-state index contributed by atoms with van der Waals surface area (Å²) in [5.41, 5.74) is 0. The van der Waals surface area contributed by atoms with Gasteiger partial charge in [-0.25, -0.2) is 9.13 Å². The Hall–Kier alpha value is -1.94. The monoisotopic (exact) mass is 1520 g/mol. The van der Waals surface area contributed by atoms with Gasteiger partial charge in [0, 0.05) is 25.7 Å². The Kier molecular flexibility index (Phi) is 73.7. The van der Waals surface area contributed by atoms with Crippen LogP contribution in [0.25, 0.3) is 0 Å². The zero-order valence-electron chi connectivity index (χ0n) is 68.5. The van der Waals surface area contributed by atoms with Crippen molar-refractivity contribution >= 4 is 39.5 Å². The third-order valence-corrected chi connectivity index (χ3v) is 22.1.